The fourth-order valence-corrected chi connectivity index (χ4v) is 3.26. The van der Waals surface area contributed by atoms with Gasteiger partial charge in [0, 0.05) is 13.1 Å². The van der Waals surface area contributed by atoms with Gasteiger partial charge in [-0.25, -0.2) is 4.98 Å². The molecular formula is C9H13BrN4O3S. The Morgan fingerprint density at radius 2 is 2.11 bits per heavy atom. The summed E-state index contributed by atoms with van der Waals surface area (Å²) in [5.41, 5.74) is 5.99. The van der Waals surface area contributed by atoms with Crippen molar-refractivity contribution in [1.29, 1.82) is 0 Å². The van der Waals surface area contributed by atoms with Crippen LogP contribution in [0.4, 0.5) is 11.5 Å². The minimum Gasteiger partial charge on any atom is -0.397 e. The first-order valence-electron chi connectivity index (χ1n) is 5.26. The molecule has 0 saturated carbocycles. The van der Waals surface area contributed by atoms with Crippen molar-refractivity contribution in [1.82, 2.24) is 9.29 Å². The highest BCUT2D eigenvalue weighted by Crippen LogP contribution is 2.23. The molecule has 0 amide bonds. The van der Waals surface area contributed by atoms with Crippen molar-refractivity contribution in [2.75, 3.05) is 36.8 Å². The third kappa shape index (κ3) is 3.10. The SMILES string of the molecule is Nc1cnc(NS(=O)(=O)N2CCOCC2)c(Br)c1. The molecule has 1 saturated heterocycles. The summed E-state index contributed by atoms with van der Waals surface area (Å²) in [4.78, 5) is 3.94. The first kappa shape index (κ1) is 13.5. The van der Waals surface area contributed by atoms with E-state index in [-0.39, 0.29) is 5.82 Å². The summed E-state index contributed by atoms with van der Waals surface area (Å²) >= 11 is 3.21. The Bertz CT molecular complexity index is 531. The van der Waals surface area contributed by atoms with E-state index in [1.165, 1.54) is 10.5 Å². The number of ether oxygens (including phenoxy) is 1. The van der Waals surface area contributed by atoms with Gasteiger partial charge in [-0.3, -0.25) is 4.72 Å². The molecule has 0 unspecified atom stereocenters. The first-order valence-corrected chi connectivity index (χ1v) is 7.49. The van der Waals surface area contributed by atoms with Crippen LogP contribution in [0.25, 0.3) is 0 Å². The number of nitrogens with zero attached hydrogens (tertiary/aromatic N) is 2. The van der Waals surface area contributed by atoms with Crippen LogP contribution < -0.4 is 10.5 Å². The Kier molecular flexibility index (Phi) is 4.05. The lowest BCUT2D eigenvalue weighted by Gasteiger charge is -2.26. The lowest BCUT2D eigenvalue weighted by Crippen LogP contribution is -2.43. The molecule has 9 heteroatoms. The number of anilines is 2. The second-order valence-electron chi connectivity index (χ2n) is 3.72. The van der Waals surface area contributed by atoms with Crippen LogP contribution in [-0.4, -0.2) is 44.0 Å². The summed E-state index contributed by atoms with van der Waals surface area (Å²) in [6.07, 6.45) is 1.39. The van der Waals surface area contributed by atoms with Gasteiger partial charge in [-0.15, -0.1) is 0 Å². The second kappa shape index (κ2) is 5.39. The summed E-state index contributed by atoms with van der Waals surface area (Å²) in [5, 5.41) is 0. The van der Waals surface area contributed by atoms with Crippen molar-refractivity contribution in [3.8, 4) is 0 Å². The number of nitrogen functional groups attached to an aromatic ring is 1. The molecule has 18 heavy (non-hydrogen) atoms. The Hall–Kier alpha value is -0.900. The molecular weight excluding hydrogens is 324 g/mol. The molecule has 0 aromatic carbocycles. The predicted octanol–water partition coefficient (Wildman–Crippen LogP) is 0.415. The van der Waals surface area contributed by atoms with E-state index < -0.39 is 10.2 Å². The standard InChI is InChI=1S/C9H13BrN4O3S/c10-8-5-7(11)6-12-9(8)13-18(15,16)14-1-3-17-4-2-14/h5-6H,1-4,11H2,(H,12,13). The van der Waals surface area contributed by atoms with Crippen LogP contribution in [0.15, 0.2) is 16.7 Å². The first-order chi connectivity index (χ1) is 8.49. The molecule has 1 aliphatic rings. The summed E-state index contributed by atoms with van der Waals surface area (Å²) in [5.74, 6) is 0.218. The number of morpholine rings is 1. The van der Waals surface area contributed by atoms with Crippen molar-refractivity contribution in [2.24, 2.45) is 0 Å². The molecule has 2 rings (SSSR count). The molecule has 0 aliphatic carbocycles. The van der Waals surface area contributed by atoms with Gasteiger partial charge in [0.1, 0.15) is 0 Å². The summed E-state index contributed by atoms with van der Waals surface area (Å²) in [6.45, 7) is 1.47. The number of nitrogens with two attached hydrogens (primary N) is 1. The van der Waals surface area contributed by atoms with Crippen molar-refractivity contribution >= 4 is 37.6 Å². The number of halogens is 1. The van der Waals surface area contributed by atoms with E-state index in [0.29, 0.717) is 36.5 Å². The van der Waals surface area contributed by atoms with E-state index >= 15 is 0 Å². The zero-order valence-corrected chi connectivity index (χ0v) is 11.9. The highest BCUT2D eigenvalue weighted by atomic mass is 79.9. The van der Waals surface area contributed by atoms with Crippen LogP contribution >= 0.6 is 15.9 Å². The minimum absolute atomic E-state index is 0.218. The average Bonchev–Trinajstić information content (AvgIpc) is 2.34. The van der Waals surface area contributed by atoms with Gasteiger partial charge in [-0.05, 0) is 22.0 Å². The van der Waals surface area contributed by atoms with Crippen molar-refractivity contribution < 1.29 is 13.2 Å². The van der Waals surface area contributed by atoms with Gasteiger partial charge in [-0.2, -0.15) is 12.7 Å². The van der Waals surface area contributed by atoms with Crippen LogP contribution in [0.3, 0.4) is 0 Å². The number of nitrogens with one attached hydrogen (secondary N) is 1. The molecule has 1 aromatic rings. The molecule has 0 atom stereocenters. The zero-order chi connectivity index (χ0) is 13.2. The molecule has 1 fully saturated rings. The Balaban J connectivity index is 2.16. The van der Waals surface area contributed by atoms with Gasteiger partial charge < -0.3 is 10.5 Å². The summed E-state index contributed by atoms with van der Waals surface area (Å²) in [6, 6.07) is 1.59. The number of hydrogen-bond donors (Lipinski definition) is 2. The Morgan fingerprint density at radius 1 is 1.44 bits per heavy atom. The summed E-state index contributed by atoms with van der Waals surface area (Å²) in [7, 11) is -3.60. The van der Waals surface area contributed by atoms with E-state index in [9.17, 15) is 8.42 Å². The molecule has 3 N–H and O–H groups in total. The average molecular weight is 337 g/mol. The summed E-state index contributed by atoms with van der Waals surface area (Å²) < 4.78 is 33.5. The maximum Gasteiger partial charge on any atom is 0.302 e. The highest BCUT2D eigenvalue weighted by molar-refractivity contribution is 9.10. The normalized spacial score (nSPS) is 17.6. The predicted molar refractivity (Wildman–Crippen MR) is 71.3 cm³/mol. The third-order valence-electron chi connectivity index (χ3n) is 2.40. The van der Waals surface area contributed by atoms with Gasteiger partial charge in [0.25, 0.3) is 0 Å². The van der Waals surface area contributed by atoms with Crippen molar-refractivity contribution in [3.05, 3.63) is 16.7 Å². The molecule has 0 spiro atoms. The minimum atomic E-state index is -3.60. The Labute approximate surface area is 114 Å². The van der Waals surface area contributed by atoms with Crippen LogP contribution in [0.2, 0.25) is 0 Å². The monoisotopic (exact) mass is 336 g/mol. The molecule has 1 aliphatic heterocycles. The van der Waals surface area contributed by atoms with Crippen LogP contribution in [0, 0.1) is 0 Å². The Morgan fingerprint density at radius 3 is 2.72 bits per heavy atom. The smallest absolute Gasteiger partial charge is 0.302 e. The van der Waals surface area contributed by atoms with Gasteiger partial charge in [0.05, 0.1) is 29.6 Å². The topological polar surface area (TPSA) is 97.5 Å². The van der Waals surface area contributed by atoms with E-state index in [1.54, 1.807) is 6.07 Å². The highest BCUT2D eigenvalue weighted by Gasteiger charge is 2.25. The lowest BCUT2D eigenvalue weighted by molar-refractivity contribution is 0.0733. The van der Waals surface area contributed by atoms with Gasteiger partial charge in [0.15, 0.2) is 5.82 Å². The fourth-order valence-electron chi connectivity index (χ4n) is 1.50. The van der Waals surface area contributed by atoms with Crippen molar-refractivity contribution in [2.45, 2.75) is 0 Å². The molecule has 100 valence electrons. The lowest BCUT2D eigenvalue weighted by atomic mass is 10.4. The number of aromatic nitrogens is 1. The second-order valence-corrected chi connectivity index (χ2v) is 6.24. The zero-order valence-electron chi connectivity index (χ0n) is 9.47. The fraction of sp³-hybridized carbons (Fsp3) is 0.444. The largest absolute Gasteiger partial charge is 0.397 e. The van der Waals surface area contributed by atoms with E-state index in [4.69, 9.17) is 10.5 Å². The number of pyridine rings is 1. The van der Waals surface area contributed by atoms with Gasteiger partial charge in [0.2, 0.25) is 0 Å². The quantitative estimate of drug-likeness (QED) is 0.833. The van der Waals surface area contributed by atoms with Crippen LogP contribution in [-0.2, 0) is 14.9 Å². The van der Waals surface area contributed by atoms with Crippen molar-refractivity contribution in [3.63, 3.8) is 0 Å². The molecule has 1 aromatic heterocycles. The van der Waals surface area contributed by atoms with Crippen LogP contribution in [0.5, 0.6) is 0 Å². The van der Waals surface area contributed by atoms with E-state index in [0.717, 1.165) is 0 Å². The maximum absolute atomic E-state index is 12.1. The molecule has 0 radical (unpaired) electrons. The van der Waals surface area contributed by atoms with Gasteiger partial charge >= 0.3 is 10.2 Å². The molecule has 7 nitrogen and oxygen atoms in total. The maximum atomic E-state index is 12.1. The van der Waals surface area contributed by atoms with E-state index in [2.05, 4.69) is 25.6 Å². The van der Waals surface area contributed by atoms with Gasteiger partial charge in [-0.1, -0.05) is 0 Å². The molecule has 0 bridgehead atoms. The van der Waals surface area contributed by atoms with Crippen LogP contribution in [0.1, 0.15) is 0 Å². The number of hydrogen-bond acceptors (Lipinski definition) is 5. The van der Waals surface area contributed by atoms with E-state index in [1.807, 2.05) is 0 Å². The molecule has 2 heterocycles. The number of rotatable bonds is 3. The third-order valence-corrected chi connectivity index (χ3v) is 4.50.